The lowest BCUT2D eigenvalue weighted by molar-refractivity contribution is -0.393. The van der Waals surface area contributed by atoms with E-state index in [1.54, 1.807) is 0 Å². The van der Waals surface area contributed by atoms with Gasteiger partial charge in [-0.25, -0.2) is 0 Å². The van der Waals surface area contributed by atoms with Crippen molar-refractivity contribution < 1.29 is 19.4 Å². The number of rotatable bonds is 3. The quantitative estimate of drug-likeness (QED) is 0.332. The topological polar surface area (TPSA) is 171 Å². The van der Waals surface area contributed by atoms with E-state index in [0.717, 1.165) is 12.1 Å². The number of ketones is 1. The summed E-state index contributed by atoms with van der Waals surface area (Å²) >= 11 is 0. The highest BCUT2D eigenvalue weighted by atomic mass is 16.6. The molecule has 0 atom stereocenters. The molecule has 122 valence electrons. The number of carbonyl (C=O) groups is 2. The first-order valence-corrected chi connectivity index (χ1v) is 6.63. The first kappa shape index (κ1) is 15.8. The SMILES string of the molecule is N=[N+]=NC(=O)c1cccc2c1C(=O)c1cc([N+](=O)[O-])cc([N+](=O)[O-])c1-2. The van der Waals surface area contributed by atoms with Crippen LogP contribution in [0.2, 0.25) is 0 Å². The van der Waals surface area contributed by atoms with E-state index in [-0.39, 0.29) is 27.8 Å². The number of fused-ring (bicyclic) bond motifs is 3. The minimum Gasteiger partial charge on any atom is -0.289 e. The van der Waals surface area contributed by atoms with Crippen LogP contribution in [0.1, 0.15) is 26.3 Å². The number of carbonyl (C=O) groups excluding carboxylic acids is 2. The van der Waals surface area contributed by atoms with E-state index in [0.29, 0.717) is 0 Å². The molecule has 0 saturated carbocycles. The van der Waals surface area contributed by atoms with Crippen LogP contribution in [-0.4, -0.2) is 21.5 Å². The molecule has 0 heterocycles. The normalized spacial score (nSPS) is 11.3. The highest BCUT2D eigenvalue weighted by Crippen LogP contribution is 2.45. The molecule has 0 radical (unpaired) electrons. The van der Waals surface area contributed by atoms with Gasteiger partial charge in [-0.2, -0.15) is 0 Å². The predicted molar refractivity (Wildman–Crippen MR) is 80.2 cm³/mol. The van der Waals surface area contributed by atoms with Gasteiger partial charge < -0.3 is 0 Å². The van der Waals surface area contributed by atoms with Crippen LogP contribution in [0, 0.1) is 25.8 Å². The Morgan fingerprint density at radius 3 is 2.40 bits per heavy atom. The van der Waals surface area contributed by atoms with Crippen molar-refractivity contribution in [3.8, 4) is 11.1 Å². The first-order chi connectivity index (χ1) is 11.9. The van der Waals surface area contributed by atoms with E-state index in [4.69, 9.17) is 5.53 Å². The van der Waals surface area contributed by atoms with Crippen LogP contribution in [0.3, 0.4) is 0 Å². The number of benzene rings is 2. The molecule has 11 heteroatoms. The van der Waals surface area contributed by atoms with Crippen molar-refractivity contribution in [3.63, 3.8) is 0 Å². The zero-order chi connectivity index (χ0) is 18.3. The predicted octanol–water partition coefficient (Wildman–Crippen LogP) is 2.40. The molecule has 1 amide bonds. The molecule has 3 rings (SSSR count). The van der Waals surface area contributed by atoms with Crippen LogP contribution in [0.15, 0.2) is 35.4 Å². The number of nitro benzene ring substituents is 2. The van der Waals surface area contributed by atoms with Crippen molar-refractivity contribution in [1.29, 1.82) is 5.53 Å². The highest BCUT2D eigenvalue weighted by Gasteiger charge is 2.38. The largest absolute Gasteiger partial charge is 0.361 e. The smallest absolute Gasteiger partial charge is 0.289 e. The lowest BCUT2D eigenvalue weighted by atomic mass is 10.00. The van der Waals surface area contributed by atoms with Gasteiger partial charge in [0.25, 0.3) is 11.4 Å². The van der Waals surface area contributed by atoms with Crippen LogP contribution >= 0.6 is 0 Å². The van der Waals surface area contributed by atoms with Gasteiger partial charge >= 0.3 is 5.91 Å². The lowest BCUT2D eigenvalue weighted by Gasteiger charge is -2.02. The Hall–Kier alpha value is -4.11. The van der Waals surface area contributed by atoms with Crippen molar-refractivity contribution in [2.75, 3.05) is 0 Å². The van der Waals surface area contributed by atoms with E-state index in [9.17, 15) is 29.8 Å². The van der Waals surface area contributed by atoms with Gasteiger partial charge in [-0.1, -0.05) is 12.1 Å². The molecule has 1 N–H and O–H groups in total. The Morgan fingerprint density at radius 1 is 1.08 bits per heavy atom. The zero-order valence-corrected chi connectivity index (χ0v) is 12.1. The third-order valence-corrected chi connectivity index (χ3v) is 3.69. The van der Waals surface area contributed by atoms with Crippen molar-refractivity contribution >= 4 is 23.1 Å². The average molecular weight is 340 g/mol. The van der Waals surface area contributed by atoms with Crippen LogP contribution < -0.4 is 4.91 Å². The number of nitrogens with zero attached hydrogens (tertiary/aromatic N) is 4. The van der Waals surface area contributed by atoms with Gasteiger partial charge in [0, 0.05) is 22.8 Å². The van der Waals surface area contributed by atoms with Gasteiger partial charge in [0.1, 0.15) is 5.53 Å². The van der Waals surface area contributed by atoms with Gasteiger partial charge in [0.15, 0.2) is 5.78 Å². The monoisotopic (exact) mass is 340 g/mol. The fraction of sp³-hybridized carbons (Fsp3) is 0. The number of amides is 1. The maximum absolute atomic E-state index is 12.7. The van der Waals surface area contributed by atoms with Gasteiger partial charge in [0.05, 0.1) is 27.0 Å². The second kappa shape index (κ2) is 5.51. The number of hydrogen-bond donors (Lipinski definition) is 1. The molecule has 0 aromatic heterocycles. The van der Waals surface area contributed by atoms with Crippen LogP contribution in [-0.2, 0) is 0 Å². The molecule has 2 aromatic rings. The third kappa shape index (κ3) is 2.28. The molecule has 0 saturated heterocycles. The summed E-state index contributed by atoms with van der Waals surface area (Å²) in [6.07, 6.45) is 0. The summed E-state index contributed by atoms with van der Waals surface area (Å²) in [7, 11) is 0. The summed E-state index contributed by atoms with van der Waals surface area (Å²) in [4.78, 5) is 47.8. The Kier molecular flexibility index (Phi) is 3.48. The van der Waals surface area contributed by atoms with Gasteiger partial charge in [-0.05, 0) is 6.07 Å². The van der Waals surface area contributed by atoms with Gasteiger partial charge in [-0.3, -0.25) is 29.8 Å². The molecule has 0 spiro atoms. The van der Waals surface area contributed by atoms with Gasteiger partial charge in [0.2, 0.25) is 10.0 Å². The maximum atomic E-state index is 12.7. The molecule has 2 aromatic carbocycles. The highest BCUT2D eigenvalue weighted by molar-refractivity contribution is 6.27. The van der Waals surface area contributed by atoms with Crippen molar-refractivity contribution in [1.82, 2.24) is 4.91 Å². The van der Waals surface area contributed by atoms with Crippen LogP contribution in [0.5, 0.6) is 0 Å². The second-order valence-electron chi connectivity index (χ2n) is 4.96. The number of non-ortho nitro benzene ring substituents is 1. The van der Waals surface area contributed by atoms with E-state index in [1.165, 1.54) is 18.2 Å². The van der Waals surface area contributed by atoms with Crippen molar-refractivity contribution in [2.45, 2.75) is 0 Å². The average Bonchev–Trinajstić information content (AvgIpc) is 2.87. The maximum Gasteiger partial charge on any atom is 0.361 e. The molecule has 25 heavy (non-hydrogen) atoms. The van der Waals surface area contributed by atoms with E-state index in [1.807, 2.05) is 0 Å². The Balaban J connectivity index is 2.38. The van der Waals surface area contributed by atoms with Crippen molar-refractivity contribution in [3.05, 3.63) is 67.3 Å². The molecular formula is C14H6N5O6+. The third-order valence-electron chi connectivity index (χ3n) is 3.69. The van der Waals surface area contributed by atoms with E-state index < -0.39 is 32.9 Å². The number of nitrogens with one attached hydrogen (secondary N) is 1. The minimum atomic E-state index is -0.967. The molecule has 0 aliphatic heterocycles. The molecule has 11 nitrogen and oxygen atoms in total. The summed E-state index contributed by atoms with van der Waals surface area (Å²) in [5.41, 5.74) is 4.83. The molecule has 1 aliphatic carbocycles. The summed E-state index contributed by atoms with van der Waals surface area (Å²) in [6.45, 7) is 0. The van der Waals surface area contributed by atoms with Crippen molar-refractivity contribution in [2.24, 2.45) is 5.11 Å². The Bertz CT molecular complexity index is 1050. The molecule has 1 aliphatic rings. The molecule has 0 unspecified atom stereocenters. The zero-order valence-electron chi connectivity index (χ0n) is 12.1. The van der Waals surface area contributed by atoms with E-state index in [2.05, 4.69) is 10.0 Å². The Labute approximate surface area is 137 Å². The summed E-state index contributed by atoms with van der Waals surface area (Å²) in [5, 5.41) is 25.3. The van der Waals surface area contributed by atoms with E-state index >= 15 is 0 Å². The summed E-state index contributed by atoms with van der Waals surface area (Å²) < 4.78 is 0. The standard InChI is InChI=1S/C14H6N5O6/c15-17-16-14(21)8-3-1-2-7-11-9(13(20)12(7)8)4-6(18(22)23)5-10(11)19(24)25/h1-5,15H/q+1. The summed E-state index contributed by atoms with van der Waals surface area (Å²) in [6, 6.07) is 5.75. The molecular weight excluding hydrogens is 334 g/mol. The summed E-state index contributed by atoms with van der Waals surface area (Å²) in [5.74, 6) is -1.73. The van der Waals surface area contributed by atoms with Crippen LogP contribution in [0.4, 0.5) is 11.4 Å². The molecule has 0 fully saturated rings. The van der Waals surface area contributed by atoms with Gasteiger partial charge in [-0.15, -0.1) is 0 Å². The second-order valence-corrected chi connectivity index (χ2v) is 4.96. The number of nitro groups is 2. The fourth-order valence-corrected chi connectivity index (χ4v) is 2.74. The number of hydrogen-bond acceptors (Lipinski definition) is 7. The van der Waals surface area contributed by atoms with Crippen LogP contribution in [0.25, 0.3) is 11.1 Å². The fourth-order valence-electron chi connectivity index (χ4n) is 2.74. The lowest BCUT2D eigenvalue weighted by Crippen LogP contribution is -2.06. The molecule has 0 bridgehead atoms. The minimum absolute atomic E-state index is 0.0898. The first-order valence-electron chi connectivity index (χ1n) is 6.63. The Morgan fingerprint density at radius 2 is 1.80 bits per heavy atom.